The number of rotatable bonds is 5. The van der Waals surface area contributed by atoms with Gasteiger partial charge in [0.05, 0.1) is 7.11 Å². The molecule has 0 aromatic carbocycles. The van der Waals surface area contributed by atoms with Crippen molar-refractivity contribution in [2.75, 3.05) is 13.7 Å². The van der Waals surface area contributed by atoms with E-state index < -0.39 is 30.1 Å². The SMILES string of the molecule is COC(=O)[C@H](C[C@@H]1CCNC1=O)NC(=O)[C@@H]1CC2(CCCC2)C(C(C)(C)C)N1C(=O)O. The molecule has 1 spiro atoms. The van der Waals surface area contributed by atoms with Crippen molar-refractivity contribution in [3.63, 3.8) is 0 Å². The highest BCUT2D eigenvalue weighted by Crippen LogP contribution is 2.56. The molecule has 0 radical (unpaired) electrons. The molecule has 9 heteroatoms. The number of ether oxygens (including phenoxy) is 1. The summed E-state index contributed by atoms with van der Waals surface area (Å²) in [7, 11) is 1.23. The minimum atomic E-state index is -1.12. The van der Waals surface area contributed by atoms with Crippen molar-refractivity contribution < 1.29 is 29.0 Å². The Kier molecular flexibility index (Phi) is 6.53. The van der Waals surface area contributed by atoms with Crippen molar-refractivity contribution >= 4 is 23.9 Å². The molecule has 0 aromatic rings. The van der Waals surface area contributed by atoms with Crippen LogP contribution in [0.1, 0.15) is 65.7 Å². The third kappa shape index (κ3) is 4.50. The number of hydrogen-bond donors (Lipinski definition) is 3. The van der Waals surface area contributed by atoms with Crippen LogP contribution >= 0.6 is 0 Å². The third-order valence-corrected chi connectivity index (χ3v) is 7.22. The fourth-order valence-corrected chi connectivity index (χ4v) is 6.20. The maximum Gasteiger partial charge on any atom is 0.408 e. The molecular weight excluding hydrogens is 402 g/mol. The summed E-state index contributed by atoms with van der Waals surface area (Å²) in [4.78, 5) is 51.3. The molecule has 3 fully saturated rings. The molecule has 1 saturated carbocycles. The Morgan fingerprint density at radius 1 is 1.29 bits per heavy atom. The lowest BCUT2D eigenvalue weighted by Crippen LogP contribution is -2.55. The lowest BCUT2D eigenvalue weighted by molar-refractivity contribution is -0.146. The van der Waals surface area contributed by atoms with Gasteiger partial charge < -0.3 is 20.5 Å². The average Bonchev–Trinajstić information content (AvgIpc) is 3.40. The van der Waals surface area contributed by atoms with Gasteiger partial charge in [-0.2, -0.15) is 0 Å². The Balaban J connectivity index is 1.84. The zero-order chi connectivity index (χ0) is 23.0. The highest BCUT2D eigenvalue weighted by molar-refractivity contribution is 5.91. The van der Waals surface area contributed by atoms with E-state index in [1.807, 2.05) is 20.8 Å². The number of carbonyl (C=O) groups excluding carboxylic acids is 3. The summed E-state index contributed by atoms with van der Waals surface area (Å²) in [6.07, 6.45) is 3.89. The minimum Gasteiger partial charge on any atom is -0.467 e. The van der Waals surface area contributed by atoms with Crippen molar-refractivity contribution in [3.05, 3.63) is 0 Å². The Labute approximate surface area is 183 Å². The van der Waals surface area contributed by atoms with E-state index in [0.717, 1.165) is 25.7 Å². The molecule has 4 atom stereocenters. The number of carbonyl (C=O) groups is 4. The molecule has 3 N–H and O–H groups in total. The summed E-state index contributed by atoms with van der Waals surface area (Å²) in [6, 6.07) is -2.15. The quantitative estimate of drug-likeness (QED) is 0.564. The van der Waals surface area contributed by atoms with Crippen LogP contribution in [0.2, 0.25) is 0 Å². The van der Waals surface area contributed by atoms with Crippen LogP contribution in [0.15, 0.2) is 0 Å². The number of carboxylic acid groups (broad SMARTS) is 1. The standard InChI is InChI=1S/C22H35N3O6/c1-21(2,3)19-22(8-5-6-9-22)12-15(25(19)20(29)30)17(27)24-14(18(28)31-4)11-13-7-10-23-16(13)26/h13-15,19H,5-12H2,1-4H3,(H,23,26)(H,24,27)(H,29,30)/t13-,14-,15-,19?/m0/s1. The molecule has 2 heterocycles. The first-order chi connectivity index (χ1) is 14.5. The monoisotopic (exact) mass is 437 g/mol. The highest BCUT2D eigenvalue weighted by Gasteiger charge is 2.60. The predicted molar refractivity (Wildman–Crippen MR) is 112 cm³/mol. The van der Waals surface area contributed by atoms with Gasteiger partial charge in [0.1, 0.15) is 12.1 Å². The molecule has 1 aliphatic carbocycles. The Morgan fingerprint density at radius 3 is 2.42 bits per heavy atom. The Bertz CT molecular complexity index is 740. The Morgan fingerprint density at radius 2 is 1.94 bits per heavy atom. The van der Waals surface area contributed by atoms with Gasteiger partial charge in [0.2, 0.25) is 11.8 Å². The molecular formula is C22H35N3O6. The zero-order valence-electron chi connectivity index (χ0n) is 18.9. The molecule has 0 aromatic heterocycles. The van der Waals surface area contributed by atoms with Crippen LogP contribution in [0, 0.1) is 16.7 Å². The predicted octanol–water partition coefficient (Wildman–Crippen LogP) is 1.90. The van der Waals surface area contributed by atoms with E-state index in [0.29, 0.717) is 19.4 Å². The first kappa shape index (κ1) is 23.3. The summed E-state index contributed by atoms with van der Waals surface area (Å²) in [5.74, 6) is -1.65. The van der Waals surface area contributed by atoms with Gasteiger partial charge in [0.15, 0.2) is 0 Å². The van der Waals surface area contributed by atoms with Crippen molar-refractivity contribution in [2.24, 2.45) is 16.7 Å². The van der Waals surface area contributed by atoms with E-state index in [9.17, 15) is 24.3 Å². The van der Waals surface area contributed by atoms with Crippen LogP contribution in [0.5, 0.6) is 0 Å². The molecule has 0 bridgehead atoms. The number of methoxy groups -OCH3 is 1. The van der Waals surface area contributed by atoms with Gasteiger partial charge in [-0.1, -0.05) is 33.6 Å². The summed E-state index contributed by atoms with van der Waals surface area (Å²) < 4.78 is 4.85. The molecule has 3 amide bonds. The summed E-state index contributed by atoms with van der Waals surface area (Å²) in [6.45, 7) is 6.59. The third-order valence-electron chi connectivity index (χ3n) is 7.22. The average molecular weight is 438 g/mol. The largest absolute Gasteiger partial charge is 0.467 e. The van der Waals surface area contributed by atoms with Gasteiger partial charge in [-0.05, 0) is 42.9 Å². The highest BCUT2D eigenvalue weighted by atomic mass is 16.5. The second-order valence-electron chi connectivity index (χ2n) is 10.3. The normalized spacial score (nSPS) is 28.5. The van der Waals surface area contributed by atoms with E-state index in [1.54, 1.807) is 0 Å². The van der Waals surface area contributed by atoms with Gasteiger partial charge in [-0.25, -0.2) is 9.59 Å². The van der Waals surface area contributed by atoms with Gasteiger partial charge >= 0.3 is 12.1 Å². The molecule has 3 aliphatic rings. The lowest BCUT2D eigenvalue weighted by Gasteiger charge is -2.43. The van der Waals surface area contributed by atoms with Gasteiger partial charge in [-0.3, -0.25) is 14.5 Å². The fourth-order valence-electron chi connectivity index (χ4n) is 6.20. The molecule has 3 rings (SSSR count). The van der Waals surface area contributed by atoms with Crippen molar-refractivity contribution in [1.29, 1.82) is 0 Å². The first-order valence-corrected chi connectivity index (χ1v) is 11.2. The second-order valence-corrected chi connectivity index (χ2v) is 10.3. The number of nitrogens with zero attached hydrogens (tertiary/aromatic N) is 1. The Hall–Kier alpha value is -2.32. The van der Waals surface area contributed by atoms with Gasteiger partial charge in [0, 0.05) is 18.5 Å². The van der Waals surface area contributed by atoms with Crippen molar-refractivity contribution in [3.8, 4) is 0 Å². The number of esters is 1. The van der Waals surface area contributed by atoms with E-state index in [1.165, 1.54) is 12.0 Å². The second kappa shape index (κ2) is 8.67. The van der Waals surface area contributed by atoms with E-state index in [-0.39, 0.29) is 35.1 Å². The smallest absolute Gasteiger partial charge is 0.408 e. The zero-order valence-corrected chi connectivity index (χ0v) is 18.9. The van der Waals surface area contributed by atoms with Crippen LogP contribution < -0.4 is 10.6 Å². The van der Waals surface area contributed by atoms with Crippen LogP contribution in [0.3, 0.4) is 0 Å². The van der Waals surface area contributed by atoms with Crippen LogP contribution in [-0.4, -0.2) is 65.7 Å². The molecule has 2 aliphatic heterocycles. The number of amides is 3. The first-order valence-electron chi connectivity index (χ1n) is 11.2. The van der Waals surface area contributed by atoms with E-state index in [2.05, 4.69) is 10.6 Å². The fraction of sp³-hybridized carbons (Fsp3) is 0.818. The number of likely N-dealkylation sites (tertiary alicyclic amines) is 1. The van der Waals surface area contributed by atoms with Crippen LogP contribution in [0.25, 0.3) is 0 Å². The minimum absolute atomic E-state index is 0.137. The maximum absolute atomic E-state index is 13.3. The van der Waals surface area contributed by atoms with Crippen LogP contribution in [-0.2, 0) is 19.1 Å². The number of hydrogen-bond acceptors (Lipinski definition) is 5. The molecule has 2 saturated heterocycles. The molecule has 174 valence electrons. The van der Waals surface area contributed by atoms with Crippen molar-refractivity contribution in [1.82, 2.24) is 15.5 Å². The molecule has 31 heavy (non-hydrogen) atoms. The summed E-state index contributed by atoms with van der Waals surface area (Å²) in [5, 5.41) is 15.5. The van der Waals surface area contributed by atoms with Gasteiger partial charge in [-0.15, -0.1) is 0 Å². The number of nitrogens with one attached hydrogen (secondary N) is 2. The maximum atomic E-state index is 13.3. The topological polar surface area (TPSA) is 125 Å². The van der Waals surface area contributed by atoms with Crippen molar-refractivity contribution in [2.45, 2.75) is 83.8 Å². The van der Waals surface area contributed by atoms with E-state index in [4.69, 9.17) is 4.74 Å². The van der Waals surface area contributed by atoms with Gasteiger partial charge in [0.25, 0.3) is 0 Å². The van der Waals surface area contributed by atoms with Crippen LogP contribution in [0.4, 0.5) is 4.79 Å². The molecule has 1 unspecified atom stereocenters. The summed E-state index contributed by atoms with van der Waals surface area (Å²) in [5.41, 5.74) is -0.563. The van der Waals surface area contributed by atoms with E-state index >= 15 is 0 Å². The lowest BCUT2D eigenvalue weighted by atomic mass is 9.68. The molecule has 9 nitrogen and oxygen atoms in total. The summed E-state index contributed by atoms with van der Waals surface area (Å²) >= 11 is 0.